The van der Waals surface area contributed by atoms with Crippen molar-refractivity contribution in [1.29, 1.82) is 0 Å². The third kappa shape index (κ3) is 5.40. The van der Waals surface area contributed by atoms with Crippen molar-refractivity contribution >= 4 is 11.3 Å². The summed E-state index contributed by atoms with van der Waals surface area (Å²) in [6.07, 6.45) is 9.95. The molecule has 0 bridgehead atoms. The normalized spacial score (nSPS) is 11.2. The lowest BCUT2D eigenvalue weighted by molar-refractivity contribution is 0.470. The van der Waals surface area contributed by atoms with E-state index in [1.165, 1.54) is 59.7 Å². The van der Waals surface area contributed by atoms with E-state index in [-0.39, 0.29) is 0 Å². The van der Waals surface area contributed by atoms with Gasteiger partial charge < -0.3 is 0 Å². The molecule has 20 heavy (non-hydrogen) atoms. The van der Waals surface area contributed by atoms with Crippen LogP contribution in [0.4, 0.5) is 0 Å². The monoisotopic (exact) mass is 293 g/mol. The van der Waals surface area contributed by atoms with Gasteiger partial charge in [0, 0.05) is 11.3 Å². The van der Waals surface area contributed by atoms with Crippen molar-refractivity contribution in [2.24, 2.45) is 5.92 Å². The van der Waals surface area contributed by atoms with Gasteiger partial charge >= 0.3 is 0 Å². The smallest absolute Gasteiger partial charge is 0.0928 e. The van der Waals surface area contributed by atoms with Crippen molar-refractivity contribution < 1.29 is 0 Å². The first-order chi connectivity index (χ1) is 9.62. The fourth-order valence-electron chi connectivity index (χ4n) is 2.61. The number of hydrogen-bond acceptors (Lipinski definition) is 2. The Morgan fingerprint density at radius 3 is 2.20 bits per heavy atom. The number of thiazole rings is 1. The van der Waals surface area contributed by atoms with Gasteiger partial charge in [-0.2, -0.15) is 0 Å². The zero-order valence-corrected chi connectivity index (χ0v) is 14.6. The number of hydrogen-bond donors (Lipinski definition) is 0. The van der Waals surface area contributed by atoms with E-state index in [1.54, 1.807) is 0 Å². The number of unbranched alkanes of at least 4 members (excludes halogenated alkanes) is 2. The SMILES string of the molecule is C=C(Cc1sc(CC)nc1C)C(CCCC)CCCC. The minimum atomic E-state index is 0.710. The molecule has 1 aromatic heterocycles. The van der Waals surface area contributed by atoms with Gasteiger partial charge in [-0.25, -0.2) is 4.98 Å². The summed E-state index contributed by atoms with van der Waals surface area (Å²) < 4.78 is 0. The molecule has 0 aliphatic rings. The van der Waals surface area contributed by atoms with Gasteiger partial charge in [0.15, 0.2) is 0 Å². The maximum atomic E-state index is 4.64. The molecule has 0 radical (unpaired) electrons. The first-order valence-electron chi connectivity index (χ1n) is 8.25. The molecule has 1 aromatic rings. The Morgan fingerprint density at radius 1 is 1.15 bits per heavy atom. The number of aryl methyl sites for hydroxylation is 2. The summed E-state index contributed by atoms with van der Waals surface area (Å²) in [5, 5.41) is 1.27. The average molecular weight is 294 g/mol. The summed E-state index contributed by atoms with van der Waals surface area (Å²) in [4.78, 5) is 6.08. The van der Waals surface area contributed by atoms with Crippen molar-refractivity contribution in [1.82, 2.24) is 4.98 Å². The third-order valence-corrected chi connectivity index (χ3v) is 5.32. The first-order valence-corrected chi connectivity index (χ1v) is 9.06. The molecule has 0 aliphatic carbocycles. The molecule has 0 fully saturated rings. The van der Waals surface area contributed by atoms with Crippen LogP contribution < -0.4 is 0 Å². The van der Waals surface area contributed by atoms with Gasteiger partial charge in [-0.15, -0.1) is 11.3 Å². The van der Waals surface area contributed by atoms with Crippen molar-refractivity contribution in [3.8, 4) is 0 Å². The molecule has 0 aliphatic heterocycles. The topological polar surface area (TPSA) is 12.9 Å². The molecule has 1 nitrogen and oxygen atoms in total. The molecule has 0 spiro atoms. The Bertz CT molecular complexity index is 398. The standard InChI is InChI=1S/C18H31NS/c1-6-9-11-16(12-10-7-2)14(4)13-17-15(5)19-18(8-3)20-17/h16H,4,6-13H2,1-3,5H3. The van der Waals surface area contributed by atoms with E-state index in [0.717, 1.165) is 12.8 Å². The number of rotatable bonds is 10. The van der Waals surface area contributed by atoms with Crippen LogP contribution >= 0.6 is 11.3 Å². The van der Waals surface area contributed by atoms with Crippen LogP contribution in [0.3, 0.4) is 0 Å². The van der Waals surface area contributed by atoms with Crippen LogP contribution in [0.2, 0.25) is 0 Å². The maximum Gasteiger partial charge on any atom is 0.0928 e. The lowest BCUT2D eigenvalue weighted by Gasteiger charge is -2.19. The Labute approximate surface area is 129 Å². The predicted octanol–water partition coefficient (Wildman–Crippen LogP) is 6.11. The summed E-state index contributed by atoms with van der Waals surface area (Å²) in [6.45, 7) is 13.3. The molecular weight excluding hydrogens is 262 g/mol. The van der Waals surface area contributed by atoms with Crippen molar-refractivity contribution in [3.63, 3.8) is 0 Å². The van der Waals surface area contributed by atoms with Crippen LogP contribution in [0.15, 0.2) is 12.2 Å². The minimum absolute atomic E-state index is 0.710. The highest BCUT2D eigenvalue weighted by Gasteiger charge is 2.15. The Kier molecular flexibility index (Phi) is 8.13. The molecule has 0 aromatic carbocycles. The lowest BCUT2D eigenvalue weighted by atomic mass is 9.87. The zero-order valence-electron chi connectivity index (χ0n) is 13.8. The number of aromatic nitrogens is 1. The fourth-order valence-corrected chi connectivity index (χ4v) is 3.67. The van der Waals surface area contributed by atoms with Gasteiger partial charge in [-0.1, -0.05) is 58.6 Å². The summed E-state index contributed by atoms with van der Waals surface area (Å²) in [5.74, 6) is 0.710. The lowest BCUT2D eigenvalue weighted by Crippen LogP contribution is -2.06. The van der Waals surface area contributed by atoms with Gasteiger partial charge in [-0.3, -0.25) is 0 Å². The van der Waals surface area contributed by atoms with E-state index in [0.29, 0.717) is 5.92 Å². The van der Waals surface area contributed by atoms with E-state index in [2.05, 4.69) is 39.3 Å². The van der Waals surface area contributed by atoms with Gasteiger partial charge in [0.2, 0.25) is 0 Å². The molecule has 2 heteroatoms. The summed E-state index contributed by atoms with van der Waals surface area (Å²) in [5.41, 5.74) is 2.65. The molecule has 0 N–H and O–H groups in total. The first kappa shape index (κ1) is 17.4. The van der Waals surface area contributed by atoms with Crippen LogP contribution in [0.1, 0.15) is 74.9 Å². The molecular formula is C18H31NS. The molecule has 114 valence electrons. The quantitative estimate of drug-likeness (QED) is 0.474. The maximum absolute atomic E-state index is 4.64. The molecule has 0 saturated heterocycles. The van der Waals surface area contributed by atoms with Crippen LogP contribution in [0.5, 0.6) is 0 Å². The Balaban J connectivity index is 2.65. The second kappa shape index (κ2) is 9.33. The molecule has 0 saturated carbocycles. The number of nitrogens with zero attached hydrogens (tertiary/aromatic N) is 1. The highest BCUT2D eigenvalue weighted by atomic mass is 32.1. The fraction of sp³-hybridized carbons (Fsp3) is 0.722. The largest absolute Gasteiger partial charge is 0.246 e. The molecule has 0 amide bonds. The number of allylic oxidation sites excluding steroid dienone is 1. The third-order valence-electron chi connectivity index (χ3n) is 4.02. The molecule has 1 rings (SSSR count). The van der Waals surface area contributed by atoms with E-state index < -0.39 is 0 Å². The van der Waals surface area contributed by atoms with Crippen LogP contribution in [-0.2, 0) is 12.8 Å². The summed E-state index contributed by atoms with van der Waals surface area (Å²) in [7, 11) is 0. The molecule has 1 heterocycles. The van der Waals surface area contributed by atoms with Crippen molar-refractivity contribution in [3.05, 3.63) is 27.7 Å². The van der Waals surface area contributed by atoms with E-state index in [4.69, 9.17) is 0 Å². The zero-order chi connectivity index (χ0) is 15.0. The second-order valence-corrected chi connectivity index (χ2v) is 6.95. The highest BCUT2D eigenvalue weighted by Crippen LogP contribution is 2.29. The van der Waals surface area contributed by atoms with Gasteiger partial charge in [-0.05, 0) is 32.1 Å². The second-order valence-electron chi connectivity index (χ2n) is 5.79. The van der Waals surface area contributed by atoms with Crippen molar-refractivity contribution in [2.45, 2.75) is 79.1 Å². The van der Waals surface area contributed by atoms with Gasteiger partial charge in [0.25, 0.3) is 0 Å². The molecule has 0 unspecified atom stereocenters. The summed E-state index contributed by atoms with van der Waals surface area (Å²) in [6, 6.07) is 0. The summed E-state index contributed by atoms with van der Waals surface area (Å²) >= 11 is 1.88. The predicted molar refractivity (Wildman–Crippen MR) is 91.6 cm³/mol. The Hall–Kier alpha value is -0.630. The Morgan fingerprint density at radius 2 is 1.75 bits per heavy atom. The van der Waals surface area contributed by atoms with Gasteiger partial charge in [0.1, 0.15) is 0 Å². The van der Waals surface area contributed by atoms with Crippen LogP contribution in [-0.4, -0.2) is 4.98 Å². The minimum Gasteiger partial charge on any atom is -0.246 e. The van der Waals surface area contributed by atoms with Gasteiger partial charge in [0.05, 0.1) is 10.7 Å². The highest BCUT2D eigenvalue weighted by molar-refractivity contribution is 7.11. The van der Waals surface area contributed by atoms with Crippen LogP contribution in [0, 0.1) is 12.8 Å². The average Bonchev–Trinajstić information content (AvgIpc) is 2.79. The van der Waals surface area contributed by atoms with E-state index in [1.807, 2.05) is 11.3 Å². The van der Waals surface area contributed by atoms with Crippen molar-refractivity contribution in [2.75, 3.05) is 0 Å². The van der Waals surface area contributed by atoms with E-state index >= 15 is 0 Å². The molecule has 0 atom stereocenters. The van der Waals surface area contributed by atoms with Crippen LogP contribution in [0.25, 0.3) is 0 Å². The van der Waals surface area contributed by atoms with E-state index in [9.17, 15) is 0 Å².